The zero-order chi connectivity index (χ0) is 18.8. The summed E-state index contributed by atoms with van der Waals surface area (Å²) in [5, 5.41) is 0.000655. The molecule has 7 heteroatoms. The molecule has 1 aliphatic heterocycles. The number of hydrogen-bond acceptors (Lipinski definition) is 5. The van der Waals surface area contributed by atoms with E-state index in [9.17, 15) is 9.18 Å². The number of carbonyl (C=O) groups excluding carboxylic acids is 1. The maximum absolute atomic E-state index is 13.7. The average Bonchev–Trinajstić information content (AvgIpc) is 2.71. The van der Waals surface area contributed by atoms with Crippen LogP contribution in [0.2, 0.25) is 0 Å². The fraction of sp³-hybridized carbons (Fsp3) is 0.500. The average molecular weight is 365 g/mol. The third-order valence-corrected chi connectivity index (χ3v) is 5.55. The van der Waals surface area contributed by atoms with Gasteiger partial charge in [-0.2, -0.15) is 0 Å². The number of rotatable bonds is 5. The van der Waals surface area contributed by atoms with Crippen LogP contribution in [0.5, 0.6) is 0 Å². The van der Waals surface area contributed by atoms with Crippen LogP contribution < -0.4 is 5.73 Å². The van der Waals surface area contributed by atoms with Gasteiger partial charge in [-0.25, -0.2) is 4.39 Å². The van der Waals surface area contributed by atoms with Gasteiger partial charge < -0.3 is 15.0 Å². The van der Waals surface area contributed by atoms with Crippen LogP contribution in [0, 0.1) is 5.82 Å². The number of thioether (sulfide) groups is 1. The number of hydrogen-bond donors (Lipinski definition) is 1. The summed E-state index contributed by atoms with van der Waals surface area (Å²) >= 11 is 1.17. The molecule has 0 spiro atoms. The third kappa shape index (κ3) is 4.73. The monoisotopic (exact) mass is 365 g/mol. The molecule has 0 bridgehead atoms. The van der Waals surface area contributed by atoms with Gasteiger partial charge in [-0.15, -0.1) is 0 Å². The first-order valence-electron chi connectivity index (χ1n) is 8.23. The molecule has 25 heavy (non-hydrogen) atoms. The van der Waals surface area contributed by atoms with E-state index >= 15 is 0 Å². The van der Waals surface area contributed by atoms with Crippen LogP contribution in [0.25, 0.3) is 6.08 Å². The molecule has 2 N–H and O–H groups in total. The molecule has 0 amide bonds. The molecular weight excluding hydrogens is 340 g/mol. The molecule has 1 fully saturated rings. The van der Waals surface area contributed by atoms with Crippen molar-refractivity contribution >= 4 is 30.1 Å². The molecule has 136 valence electrons. The maximum Gasteiger partial charge on any atom is 0.491 e. The van der Waals surface area contributed by atoms with Crippen LogP contribution in [0.4, 0.5) is 4.39 Å². The maximum atomic E-state index is 13.7. The molecule has 0 atom stereocenters. The molecule has 0 unspecified atom stereocenters. The van der Waals surface area contributed by atoms with Crippen LogP contribution in [0.3, 0.4) is 0 Å². The number of nitrogens with two attached hydrogens (primary N) is 1. The fourth-order valence-electron chi connectivity index (χ4n) is 2.44. The molecular formula is C18H25BFNO3S. The molecule has 1 aromatic rings. The van der Waals surface area contributed by atoms with E-state index in [4.69, 9.17) is 15.0 Å². The zero-order valence-corrected chi connectivity index (χ0v) is 16.2. The van der Waals surface area contributed by atoms with Gasteiger partial charge in [0.1, 0.15) is 5.82 Å². The second-order valence-corrected chi connectivity index (χ2v) is 8.29. The third-order valence-electron chi connectivity index (χ3n) is 4.67. The molecule has 2 rings (SSSR count). The zero-order valence-electron chi connectivity index (χ0n) is 15.4. The minimum Gasteiger partial charge on any atom is -0.400 e. The highest BCUT2D eigenvalue weighted by Gasteiger charge is 2.52. The number of benzene rings is 1. The lowest BCUT2D eigenvalue weighted by Crippen LogP contribution is -2.41. The van der Waals surface area contributed by atoms with Crippen molar-refractivity contribution in [1.82, 2.24) is 0 Å². The lowest BCUT2D eigenvalue weighted by atomic mass is 9.78. The Bertz CT molecular complexity index is 675. The molecule has 1 aromatic carbocycles. The van der Waals surface area contributed by atoms with Gasteiger partial charge in [0, 0.05) is 19.2 Å². The molecule has 1 heterocycles. The molecule has 0 aliphatic carbocycles. The van der Waals surface area contributed by atoms with Crippen molar-refractivity contribution < 1.29 is 18.5 Å². The summed E-state index contributed by atoms with van der Waals surface area (Å²) in [6.07, 6.45) is 1.82. The second-order valence-electron chi connectivity index (χ2n) is 7.14. The SMILES string of the molecule is CC(=O)SCC(=Cc1cc(F)ccc1CN)B1OC(C)(C)C(C)(C)O1. The van der Waals surface area contributed by atoms with E-state index in [1.165, 1.54) is 30.8 Å². The summed E-state index contributed by atoms with van der Waals surface area (Å²) in [6.45, 7) is 9.68. The van der Waals surface area contributed by atoms with Gasteiger partial charge >= 0.3 is 7.12 Å². The van der Waals surface area contributed by atoms with Gasteiger partial charge in [0.2, 0.25) is 0 Å². The second kappa shape index (κ2) is 7.62. The molecule has 4 nitrogen and oxygen atoms in total. The first kappa shape index (κ1) is 20.2. The highest BCUT2D eigenvalue weighted by molar-refractivity contribution is 8.13. The Morgan fingerprint density at radius 1 is 1.28 bits per heavy atom. The fourth-order valence-corrected chi connectivity index (χ4v) is 3.03. The standard InChI is InChI=1S/C18H25BFNO3S/c1-12(22)25-11-15(19-23-17(2,3)18(4,5)24-19)8-14-9-16(20)7-6-13(14)10-21/h6-9H,10-11,21H2,1-5H3. The van der Waals surface area contributed by atoms with Crippen LogP contribution in [0.15, 0.2) is 23.7 Å². The first-order valence-corrected chi connectivity index (χ1v) is 9.22. The van der Waals surface area contributed by atoms with Crippen molar-refractivity contribution in [3.63, 3.8) is 0 Å². The first-order chi connectivity index (χ1) is 11.6. The predicted octanol–water partition coefficient (Wildman–Crippen LogP) is 3.58. The van der Waals surface area contributed by atoms with Crippen molar-refractivity contribution in [3.05, 3.63) is 40.6 Å². The largest absolute Gasteiger partial charge is 0.491 e. The Kier molecular flexibility index (Phi) is 6.15. The summed E-state index contributed by atoms with van der Waals surface area (Å²) in [5.41, 5.74) is 7.06. The molecule has 1 aliphatic rings. The van der Waals surface area contributed by atoms with Crippen molar-refractivity contribution in [3.8, 4) is 0 Å². The topological polar surface area (TPSA) is 61.6 Å². The van der Waals surface area contributed by atoms with Crippen molar-refractivity contribution in [2.75, 3.05) is 5.75 Å². The minimum atomic E-state index is -0.592. The minimum absolute atomic E-state index is 0.000655. The van der Waals surface area contributed by atoms with Crippen LogP contribution >= 0.6 is 11.8 Å². The Labute approximate surface area is 153 Å². The van der Waals surface area contributed by atoms with Crippen molar-refractivity contribution in [2.45, 2.75) is 52.4 Å². The van der Waals surface area contributed by atoms with Crippen LogP contribution in [0.1, 0.15) is 45.7 Å². The van der Waals surface area contributed by atoms with Crippen LogP contribution in [-0.4, -0.2) is 29.2 Å². The van der Waals surface area contributed by atoms with Gasteiger partial charge in [0.25, 0.3) is 0 Å². The van der Waals surface area contributed by atoms with E-state index in [0.29, 0.717) is 17.9 Å². The summed E-state index contributed by atoms with van der Waals surface area (Å²) < 4.78 is 25.9. The van der Waals surface area contributed by atoms with Gasteiger partial charge in [0.05, 0.1) is 11.2 Å². The lowest BCUT2D eigenvalue weighted by Gasteiger charge is -2.32. The van der Waals surface area contributed by atoms with E-state index in [2.05, 4.69) is 0 Å². The van der Waals surface area contributed by atoms with Crippen molar-refractivity contribution in [1.29, 1.82) is 0 Å². The van der Waals surface area contributed by atoms with E-state index in [1.807, 2.05) is 33.8 Å². The van der Waals surface area contributed by atoms with E-state index in [0.717, 1.165) is 11.0 Å². The molecule has 0 radical (unpaired) electrons. The van der Waals surface area contributed by atoms with Gasteiger partial charge in [-0.1, -0.05) is 23.9 Å². The number of carbonyl (C=O) groups is 1. The highest BCUT2D eigenvalue weighted by atomic mass is 32.2. The van der Waals surface area contributed by atoms with Gasteiger partial charge in [0.15, 0.2) is 5.12 Å². The molecule has 0 aromatic heterocycles. The lowest BCUT2D eigenvalue weighted by molar-refractivity contribution is -0.109. The van der Waals surface area contributed by atoms with Gasteiger partial charge in [-0.05, 0) is 56.4 Å². The predicted molar refractivity (Wildman–Crippen MR) is 101 cm³/mol. The van der Waals surface area contributed by atoms with E-state index < -0.39 is 18.3 Å². The number of halogens is 1. The summed E-state index contributed by atoms with van der Waals surface area (Å²) in [5.74, 6) is 0.0723. The molecule has 1 saturated heterocycles. The quantitative estimate of drug-likeness (QED) is 0.809. The van der Waals surface area contributed by atoms with Crippen LogP contribution in [-0.2, 0) is 20.6 Å². The summed E-state index contributed by atoms with van der Waals surface area (Å²) in [7, 11) is -0.592. The Balaban J connectivity index is 2.40. The molecule has 0 saturated carbocycles. The van der Waals surface area contributed by atoms with Gasteiger partial charge in [-0.3, -0.25) is 4.79 Å². The Morgan fingerprint density at radius 2 is 1.88 bits per heavy atom. The summed E-state index contributed by atoms with van der Waals surface area (Å²) in [4.78, 5) is 11.4. The summed E-state index contributed by atoms with van der Waals surface area (Å²) in [6, 6.07) is 4.49. The normalized spacial score (nSPS) is 19.3. The van der Waals surface area contributed by atoms with E-state index in [-0.39, 0.29) is 10.9 Å². The smallest absolute Gasteiger partial charge is 0.400 e. The Morgan fingerprint density at radius 3 is 2.40 bits per heavy atom. The van der Waals surface area contributed by atoms with E-state index in [1.54, 1.807) is 6.07 Å². The Hall–Kier alpha value is -1.15. The highest BCUT2D eigenvalue weighted by Crippen LogP contribution is 2.39. The van der Waals surface area contributed by atoms with Crippen molar-refractivity contribution in [2.24, 2.45) is 5.73 Å².